The molecule has 2 aliphatic carbocycles. The summed E-state index contributed by atoms with van der Waals surface area (Å²) in [5, 5.41) is 0. The predicted molar refractivity (Wildman–Crippen MR) is 118 cm³/mol. The van der Waals surface area contributed by atoms with Gasteiger partial charge in [0.05, 0.1) is 0 Å². The Morgan fingerprint density at radius 3 is 1.93 bits per heavy atom. The van der Waals surface area contributed by atoms with Crippen LogP contribution in [-0.2, 0) is 21.3 Å². The van der Waals surface area contributed by atoms with E-state index < -0.39 is 21.3 Å². The second-order valence-electron chi connectivity index (χ2n) is 7.49. The molecule has 0 bridgehead atoms. The number of allylic oxidation sites excluding steroid dienone is 8. The second kappa shape index (κ2) is 9.10. The molecule has 2 aromatic carbocycles. The second-order valence-corrected chi connectivity index (χ2v) is 13.7. The van der Waals surface area contributed by atoms with Crippen LogP contribution < -0.4 is 0 Å². The van der Waals surface area contributed by atoms with E-state index in [4.69, 9.17) is 0 Å². The first kappa shape index (κ1) is 19.5. The van der Waals surface area contributed by atoms with Crippen molar-refractivity contribution in [1.82, 2.24) is 0 Å². The zero-order valence-electron chi connectivity index (χ0n) is 16.9. The Balaban J connectivity index is 1.95. The molecule has 0 radical (unpaired) electrons. The van der Waals surface area contributed by atoms with E-state index in [2.05, 4.69) is 98.8 Å². The summed E-state index contributed by atoms with van der Waals surface area (Å²) in [6.07, 6.45) is 14.3. The number of hydrogen-bond acceptors (Lipinski definition) is 0. The Hall–Kier alpha value is -1.85. The van der Waals surface area contributed by atoms with E-state index in [0.717, 1.165) is 12.8 Å². The van der Waals surface area contributed by atoms with E-state index in [9.17, 15) is 0 Å². The molecule has 1 heteroatoms. The van der Waals surface area contributed by atoms with Crippen molar-refractivity contribution in [1.29, 1.82) is 0 Å². The molecule has 0 atom stereocenters. The molecule has 0 amide bonds. The Bertz CT molecular complexity index is 957. The molecule has 0 N–H and O–H groups in total. The van der Waals surface area contributed by atoms with Gasteiger partial charge in [0, 0.05) is 0 Å². The van der Waals surface area contributed by atoms with Crippen molar-refractivity contribution in [3.63, 3.8) is 0 Å². The fourth-order valence-corrected chi connectivity index (χ4v) is 12.4. The van der Waals surface area contributed by atoms with Crippen LogP contribution >= 0.6 is 0 Å². The monoisotopic (exact) mass is 442 g/mol. The molecule has 0 fully saturated rings. The van der Waals surface area contributed by atoms with E-state index in [1.54, 1.807) is 20.9 Å². The van der Waals surface area contributed by atoms with Crippen LogP contribution in [0.25, 0.3) is 0 Å². The third-order valence-corrected chi connectivity index (χ3v) is 13.3. The molecular weight excluding hydrogens is 416 g/mol. The van der Waals surface area contributed by atoms with Crippen molar-refractivity contribution < 1.29 is 21.3 Å². The topological polar surface area (TPSA) is 0 Å². The van der Waals surface area contributed by atoms with Crippen LogP contribution in [-0.4, -0.2) is 3.21 Å². The SMILES string of the molecule is CCC1=C(CC)C[C]([Zr]([C]2=CC=CC2)=[C](c2ccccc2)c2ccccc2)=C1. The first-order valence-corrected chi connectivity index (χ1v) is 14.1. The van der Waals surface area contributed by atoms with Gasteiger partial charge in [-0.1, -0.05) is 0 Å². The van der Waals surface area contributed by atoms with Crippen LogP contribution in [0.2, 0.25) is 0 Å². The molecule has 140 valence electrons. The summed E-state index contributed by atoms with van der Waals surface area (Å²) in [7, 11) is 0. The van der Waals surface area contributed by atoms with Crippen molar-refractivity contribution in [2.24, 2.45) is 0 Å². The van der Waals surface area contributed by atoms with Gasteiger partial charge >= 0.3 is 178 Å². The van der Waals surface area contributed by atoms with Gasteiger partial charge in [0.25, 0.3) is 0 Å². The standard InChI is InChI=1S/C13H10.C9H13.C5H5.Zr/c1-3-7-12(8-4-1)11-13-9-5-2-6-10-13;1-3-8-6-5-7-9(8)4-2;1-2-4-5-3-1;/h1-10H;6H,3-4,7H2,1-2H3;1-3H,4H2;. The third kappa shape index (κ3) is 3.96. The number of benzene rings is 2. The summed E-state index contributed by atoms with van der Waals surface area (Å²) in [6.45, 7) is 4.63. The minimum atomic E-state index is -2.23. The Kier molecular flexibility index (Phi) is 6.33. The maximum absolute atomic E-state index is 2.60. The molecule has 28 heavy (non-hydrogen) atoms. The molecule has 2 aromatic rings. The fraction of sp³-hybridized carbons (Fsp3) is 0.222. The van der Waals surface area contributed by atoms with E-state index in [1.165, 1.54) is 24.0 Å². The van der Waals surface area contributed by atoms with Gasteiger partial charge in [-0.2, -0.15) is 0 Å². The van der Waals surface area contributed by atoms with Gasteiger partial charge in [0.1, 0.15) is 0 Å². The molecule has 0 saturated carbocycles. The van der Waals surface area contributed by atoms with Crippen molar-refractivity contribution in [2.45, 2.75) is 39.5 Å². The molecule has 0 unspecified atom stereocenters. The van der Waals surface area contributed by atoms with Gasteiger partial charge in [-0.3, -0.25) is 0 Å². The van der Waals surface area contributed by atoms with E-state index in [1.807, 2.05) is 0 Å². The summed E-state index contributed by atoms with van der Waals surface area (Å²) < 4.78 is 5.11. The maximum atomic E-state index is 2.60. The molecule has 0 aliphatic heterocycles. The van der Waals surface area contributed by atoms with Crippen LogP contribution in [0.15, 0.2) is 103 Å². The molecule has 4 rings (SSSR count). The summed E-state index contributed by atoms with van der Waals surface area (Å²) in [5.74, 6) is 0. The van der Waals surface area contributed by atoms with Gasteiger partial charge in [-0.05, 0) is 0 Å². The van der Waals surface area contributed by atoms with Crippen LogP contribution in [0.4, 0.5) is 0 Å². The van der Waals surface area contributed by atoms with Crippen LogP contribution in [0, 0.1) is 0 Å². The molecule has 0 nitrogen and oxygen atoms in total. The quantitative estimate of drug-likeness (QED) is 0.446. The van der Waals surface area contributed by atoms with Crippen molar-refractivity contribution in [3.05, 3.63) is 114 Å². The minimum absolute atomic E-state index is 1.14. The van der Waals surface area contributed by atoms with Gasteiger partial charge in [-0.25, -0.2) is 0 Å². The molecule has 0 spiro atoms. The number of rotatable bonds is 6. The van der Waals surface area contributed by atoms with E-state index >= 15 is 0 Å². The van der Waals surface area contributed by atoms with Gasteiger partial charge in [-0.15, -0.1) is 0 Å². The first-order chi connectivity index (χ1) is 13.8. The zero-order chi connectivity index (χ0) is 19.3. The average Bonchev–Trinajstić information content (AvgIpc) is 3.43. The van der Waals surface area contributed by atoms with Crippen LogP contribution in [0.5, 0.6) is 0 Å². The van der Waals surface area contributed by atoms with Crippen molar-refractivity contribution in [3.8, 4) is 0 Å². The summed E-state index contributed by atoms with van der Waals surface area (Å²) in [5.41, 5.74) is 6.10. The Labute approximate surface area is 177 Å². The Morgan fingerprint density at radius 2 is 1.46 bits per heavy atom. The molecule has 0 aromatic heterocycles. The molecule has 0 heterocycles. The first-order valence-electron chi connectivity index (χ1n) is 10.4. The third-order valence-electron chi connectivity index (χ3n) is 5.80. The molecule has 0 saturated heterocycles. The van der Waals surface area contributed by atoms with Gasteiger partial charge in [0.2, 0.25) is 0 Å². The van der Waals surface area contributed by atoms with Crippen molar-refractivity contribution in [2.75, 3.05) is 0 Å². The zero-order valence-corrected chi connectivity index (χ0v) is 19.4. The molecular formula is C27H28Zr. The summed E-state index contributed by atoms with van der Waals surface area (Å²) >= 11 is -2.23. The molecule has 2 aliphatic rings. The average molecular weight is 444 g/mol. The Morgan fingerprint density at radius 1 is 0.821 bits per heavy atom. The summed E-state index contributed by atoms with van der Waals surface area (Å²) in [6, 6.07) is 22.3. The van der Waals surface area contributed by atoms with Crippen LogP contribution in [0.3, 0.4) is 0 Å². The van der Waals surface area contributed by atoms with E-state index in [-0.39, 0.29) is 0 Å². The van der Waals surface area contributed by atoms with Crippen LogP contribution in [0.1, 0.15) is 50.7 Å². The summed E-state index contributed by atoms with van der Waals surface area (Å²) in [4.78, 5) is 0. The predicted octanol–water partition coefficient (Wildman–Crippen LogP) is 7.12. The van der Waals surface area contributed by atoms with Gasteiger partial charge < -0.3 is 0 Å². The normalized spacial score (nSPS) is 15.6. The van der Waals surface area contributed by atoms with E-state index in [0.29, 0.717) is 0 Å². The van der Waals surface area contributed by atoms with Gasteiger partial charge in [0.15, 0.2) is 0 Å². The number of hydrogen-bond donors (Lipinski definition) is 0. The van der Waals surface area contributed by atoms with Crippen molar-refractivity contribution >= 4 is 3.21 Å². The fourth-order valence-electron chi connectivity index (χ4n) is 4.40.